The van der Waals surface area contributed by atoms with Crippen LogP contribution >= 0.6 is 0 Å². The Kier molecular flexibility index (Phi) is 6.88. The molecule has 0 spiro atoms. The van der Waals surface area contributed by atoms with Crippen LogP contribution in [0.5, 0.6) is 0 Å². The minimum absolute atomic E-state index is 0.0787. The molecule has 1 aromatic rings. The predicted molar refractivity (Wildman–Crippen MR) is 82.9 cm³/mol. The van der Waals surface area contributed by atoms with Gasteiger partial charge < -0.3 is 15.7 Å². The van der Waals surface area contributed by atoms with E-state index in [0.717, 1.165) is 18.4 Å². The number of hydrogen-bond acceptors (Lipinski definition) is 3. The Morgan fingerprint density at radius 3 is 2.29 bits per heavy atom. The van der Waals surface area contributed by atoms with Crippen molar-refractivity contribution in [2.24, 2.45) is 5.92 Å². The van der Waals surface area contributed by atoms with Gasteiger partial charge >= 0.3 is 11.8 Å². The van der Waals surface area contributed by atoms with Crippen LogP contribution < -0.4 is 10.6 Å². The fourth-order valence-corrected chi connectivity index (χ4v) is 1.76. The highest BCUT2D eigenvalue weighted by molar-refractivity contribution is 6.39. The van der Waals surface area contributed by atoms with E-state index < -0.39 is 17.9 Å². The van der Waals surface area contributed by atoms with Crippen LogP contribution in [0.25, 0.3) is 0 Å². The summed E-state index contributed by atoms with van der Waals surface area (Å²) in [6.45, 7) is 5.98. The molecule has 0 aliphatic rings. The lowest BCUT2D eigenvalue weighted by Gasteiger charge is -2.17. The molecule has 116 valence electrons. The molecule has 2 unspecified atom stereocenters. The predicted octanol–water partition coefficient (Wildman–Crippen LogP) is 1.71. The lowest BCUT2D eigenvalue weighted by atomic mass is 10.0. The van der Waals surface area contributed by atoms with Gasteiger partial charge in [0.1, 0.15) is 0 Å². The van der Waals surface area contributed by atoms with E-state index in [-0.39, 0.29) is 12.5 Å². The number of anilines is 1. The molecule has 21 heavy (non-hydrogen) atoms. The van der Waals surface area contributed by atoms with Crippen molar-refractivity contribution in [1.82, 2.24) is 5.32 Å². The second-order valence-corrected chi connectivity index (χ2v) is 5.17. The van der Waals surface area contributed by atoms with Gasteiger partial charge in [0.2, 0.25) is 0 Å². The molecular formula is C16H24N2O3. The van der Waals surface area contributed by atoms with E-state index in [1.807, 2.05) is 32.9 Å². The van der Waals surface area contributed by atoms with Gasteiger partial charge in [0.25, 0.3) is 0 Å². The Labute approximate surface area is 125 Å². The summed E-state index contributed by atoms with van der Waals surface area (Å²) in [6, 6.07) is 7.33. The van der Waals surface area contributed by atoms with Gasteiger partial charge in [-0.05, 0) is 30.0 Å². The standard InChI is InChI=1S/C16H24N2O3/c1-4-11(3)14(19)10-17-15(20)16(21)18-13-8-6-12(5-2)7-9-13/h6-9,11,14,19H,4-5,10H2,1-3H3,(H,17,20)(H,18,21). The number of carbonyl (C=O) groups excluding carboxylic acids is 2. The van der Waals surface area contributed by atoms with Crippen molar-refractivity contribution in [2.75, 3.05) is 11.9 Å². The molecule has 0 fully saturated rings. The van der Waals surface area contributed by atoms with Crippen molar-refractivity contribution in [3.8, 4) is 0 Å². The highest BCUT2D eigenvalue weighted by atomic mass is 16.3. The molecule has 5 heteroatoms. The van der Waals surface area contributed by atoms with Crippen LogP contribution in [0, 0.1) is 5.92 Å². The Bertz CT molecular complexity index is 471. The first-order valence-electron chi connectivity index (χ1n) is 7.34. The summed E-state index contributed by atoms with van der Waals surface area (Å²) >= 11 is 0. The van der Waals surface area contributed by atoms with Crippen LogP contribution in [0.2, 0.25) is 0 Å². The number of rotatable bonds is 6. The molecule has 0 aliphatic carbocycles. The van der Waals surface area contributed by atoms with Crippen molar-refractivity contribution < 1.29 is 14.7 Å². The van der Waals surface area contributed by atoms with Crippen molar-refractivity contribution >= 4 is 17.5 Å². The van der Waals surface area contributed by atoms with Crippen molar-refractivity contribution in [2.45, 2.75) is 39.7 Å². The third-order valence-electron chi connectivity index (χ3n) is 3.60. The SMILES string of the molecule is CCc1ccc(NC(=O)C(=O)NCC(O)C(C)CC)cc1. The van der Waals surface area contributed by atoms with Gasteiger partial charge in [-0.15, -0.1) is 0 Å². The zero-order chi connectivity index (χ0) is 15.8. The summed E-state index contributed by atoms with van der Waals surface area (Å²) in [4.78, 5) is 23.4. The average Bonchev–Trinajstić information content (AvgIpc) is 2.51. The lowest BCUT2D eigenvalue weighted by Crippen LogP contribution is -2.41. The molecule has 1 rings (SSSR count). The highest BCUT2D eigenvalue weighted by Crippen LogP contribution is 2.10. The Balaban J connectivity index is 2.45. The largest absolute Gasteiger partial charge is 0.391 e. The lowest BCUT2D eigenvalue weighted by molar-refractivity contribution is -0.136. The summed E-state index contributed by atoms with van der Waals surface area (Å²) in [5, 5.41) is 14.7. The maximum atomic E-state index is 11.7. The van der Waals surface area contributed by atoms with Crippen molar-refractivity contribution in [3.05, 3.63) is 29.8 Å². The second-order valence-electron chi connectivity index (χ2n) is 5.17. The van der Waals surface area contributed by atoms with Crippen molar-refractivity contribution in [3.63, 3.8) is 0 Å². The highest BCUT2D eigenvalue weighted by Gasteiger charge is 2.17. The zero-order valence-electron chi connectivity index (χ0n) is 12.8. The number of aliphatic hydroxyl groups is 1. The summed E-state index contributed by atoms with van der Waals surface area (Å²) in [7, 11) is 0. The number of aliphatic hydroxyl groups excluding tert-OH is 1. The van der Waals surface area contributed by atoms with E-state index >= 15 is 0 Å². The molecule has 0 saturated carbocycles. The molecule has 5 nitrogen and oxygen atoms in total. The van der Waals surface area contributed by atoms with E-state index in [9.17, 15) is 14.7 Å². The van der Waals surface area contributed by atoms with Crippen LogP contribution in [-0.2, 0) is 16.0 Å². The van der Waals surface area contributed by atoms with Crippen LogP contribution in [-0.4, -0.2) is 29.6 Å². The van der Waals surface area contributed by atoms with Gasteiger partial charge in [-0.3, -0.25) is 9.59 Å². The first kappa shape index (κ1) is 17.2. The fraction of sp³-hybridized carbons (Fsp3) is 0.500. The van der Waals surface area contributed by atoms with Crippen LogP contribution in [0.4, 0.5) is 5.69 Å². The second kappa shape index (κ2) is 8.42. The van der Waals surface area contributed by atoms with Crippen LogP contribution in [0.15, 0.2) is 24.3 Å². The molecule has 0 radical (unpaired) electrons. The molecular weight excluding hydrogens is 268 g/mol. The number of amides is 2. The zero-order valence-corrected chi connectivity index (χ0v) is 12.8. The smallest absolute Gasteiger partial charge is 0.313 e. The topological polar surface area (TPSA) is 78.4 Å². The molecule has 0 aliphatic heterocycles. The maximum Gasteiger partial charge on any atom is 0.313 e. The normalized spacial score (nSPS) is 13.3. The third kappa shape index (κ3) is 5.55. The summed E-state index contributed by atoms with van der Waals surface area (Å²) in [5.41, 5.74) is 1.74. The molecule has 2 atom stereocenters. The molecule has 0 heterocycles. The van der Waals surface area contributed by atoms with Crippen LogP contribution in [0.1, 0.15) is 32.8 Å². The fourth-order valence-electron chi connectivity index (χ4n) is 1.76. The number of hydrogen-bond donors (Lipinski definition) is 3. The van der Waals surface area contributed by atoms with E-state index in [2.05, 4.69) is 10.6 Å². The first-order chi connectivity index (χ1) is 9.97. The Morgan fingerprint density at radius 2 is 1.76 bits per heavy atom. The van der Waals surface area contributed by atoms with Crippen LogP contribution in [0.3, 0.4) is 0 Å². The van der Waals surface area contributed by atoms with E-state index in [0.29, 0.717) is 5.69 Å². The average molecular weight is 292 g/mol. The number of carbonyl (C=O) groups is 2. The van der Waals surface area contributed by atoms with Gasteiger partial charge in [-0.1, -0.05) is 39.3 Å². The molecule has 1 aromatic carbocycles. The summed E-state index contributed by atoms with van der Waals surface area (Å²) in [5.74, 6) is -1.39. The van der Waals surface area contributed by atoms with Crippen molar-refractivity contribution in [1.29, 1.82) is 0 Å². The molecule has 0 bridgehead atoms. The summed E-state index contributed by atoms with van der Waals surface area (Å²) < 4.78 is 0. The number of nitrogens with one attached hydrogen (secondary N) is 2. The third-order valence-corrected chi connectivity index (χ3v) is 3.60. The minimum atomic E-state index is -0.739. The molecule has 0 aromatic heterocycles. The van der Waals surface area contributed by atoms with Gasteiger partial charge in [-0.25, -0.2) is 0 Å². The molecule has 3 N–H and O–H groups in total. The maximum absolute atomic E-state index is 11.7. The first-order valence-corrected chi connectivity index (χ1v) is 7.34. The van der Waals surface area contributed by atoms with E-state index in [1.165, 1.54) is 0 Å². The van der Waals surface area contributed by atoms with E-state index in [4.69, 9.17) is 0 Å². The Hall–Kier alpha value is -1.88. The summed E-state index contributed by atoms with van der Waals surface area (Å²) in [6.07, 6.45) is 1.09. The Morgan fingerprint density at radius 1 is 1.14 bits per heavy atom. The number of benzene rings is 1. The van der Waals surface area contributed by atoms with E-state index in [1.54, 1.807) is 12.1 Å². The van der Waals surface area contributed by atoms with Gasteiger partial charge in [-0.2, -0.15) is 0 Å². The van der Waals surface area contributed by atoms with Gasteiger partial charge in [0.05, 0.1) is 6.10 Å². The van der Waals surface area contributed by atoms with Gasteiger partial charge in [0.15, 0.2) is 0 Å². The van der Waals surface area contributed by atoms with Gasteiger partial charge in [0, 0.05) is 12.2 Å². The monoisotopic (exact) mass is 292 g/mol. The number of aryl methyl sites for hydroxylation is 1. The molecule has 2 amide bonds. The minimum Gasteiger partial charge on any atom is -0.391 e. The molecule has 0 saturated heterocycles. The quantitative estimate of drug-likeness (QED) is 0.698.